The number of furan rings is 1. The van der Waals surface area contributed by atoms with E-state index in [0.29, 0.717) is 12.3 Å². The first kappa shape index (κ1) is 16.6. The van der Waals surface area contributed by atoms with Crippen molar-refractivity contribution in [1.82, 2.24) is 10.2 Å². The Bertz CT molecular complexity index is 518. The second-order valence-corrected chi connectivity index (χ2v) is 7.23. The largest absolute Gasteiger partial charge is 0.465 e. The first-order valence-corrected chi connectivity index (χ1v) is 9.34. The Kier molecular flexibility index (Phi) is 5.80. The van der Waals surface area contributed by atoms with Crippen molar-refractivity contribution >= 4 is 23.7 Å². The number of nitrogens with one attached hydrogen (secondary N) is 1. The van der Waals surface area contributed by atoms with Gasteiger partial charge in [-0.2, -0.15) is 11.8 Å². The molecule has 0 saturated carbocycles. The molecular weight excluding hydrogens is 312 g/mol. The lowest BCUT2D eigenvalue weighted by atomic mass is 9.89. The van der Waals surface area contributed by atoms with E-state index in [1.54, 1.807) is 18.4 Å². The van der Waals surface area contributed by atoms with Crippen LogP contribution < -0.4 is 5.32 Å². The lowest BCUT2D eigenvalue weighted by Crippen LogP contribution is -2.60. The minimum Gasteiger partial charge on any atom is -0.465 e. The zero-order valence-corrected chi connectivity index (χ0v) is 14.1. The van der Waals surface area contributed by atoms with Gasteiger partial charge in [-0.3, -0.25) is 9.69 Å². The minimum absolute atomic E-state index is 0.0627. The first-order valence-electron chi connectivity index (χ1n) is 8.18. The third kappa shape index (κ3) is 4.40. The van der Waals surface area contributed by atoms with Gasteiger partial charge < -0.3 is 14.5 Å². The average Bonchev–Trinajstić information content (AvgIpc) is 3.13. The van der Waals surface area contributed by atoms with Crippen LogP contribution in [0.4, 0.5) is 0 Å². The third-order valence-corrected chi connectivity index (χ3v) is 5.62. The summed E-state index contributed by atoms with van der Waals surface area (Å²) in [6.45, 7) is 4.21. The highest BCUT2D eigenvalue weighted by atomic mass is 32.2. The van der Waals surface area contributed by atoms with Gasteiger partial charge in [0.05, 0.1) is 19.5 Å². The smallest absolute Gasteiger partial charge is 0.244 e. The van der Waals surface area contributed by atoms with Crippen LogP contribution in [0.2, 0.25) is 0 Å². The summed E-state index contributed by atoms with van der Waals surface area (Å²) < 4.78 is 10.7. The zero-order chi connectivity index (χ0) is 16.0. The molecule has 0 bridgehead atoms. The summed E-state index contributed by atoms with van der Waals surface area (Å²) in [7, 11) is 0. The molecule has 3 heterocycles. The van der Waals surface area contributed by atoms with Crippen molar-refractivity contribution in [3.63, 3.8) is 0 Å². The summed E-state index contributed by atoms with van der Waals surface area (Å²) in [6, 6.07) is 3.64. The molecule has 23 heavy (non-hydrogen) atoms. The molecule has 6 heteroatoms. The van der Waals surface area contributed by atoms with Crippen LogP contribution in [0.1, 0.15) is 18.6 Å². The Morgan fingerprint density at radius 2 is 2.13 bits per heavy atom. The Morgan fingerprint density at radius 3 is 2.83 bits per heavy atom. The number of carbonyl (C=O) groups excluding carboxylic acids is 1. The predicted molar refractivity (Wildman–Crippen MR) is 92.4 cm³/mol. The van der Waals surface area contributed by atoms with Crippen LogP contribution in [0.5, 0.6) is 0 Å². The molecule has 2 aliphatic heterocycles. The maximum atomic E-state index is 12.1. The number of hydrogen-bond donors (Lipinski definition) is 1. The van der Waals surface area contributed by atoms with Crippen LogP contribution in [0.25, 0.3) is 6.08 Å². The number of hydrogen-bond acceptors (Lipinski definition) is 5. The number of amides is 1. The van der Waals surface area contributed by atoms with E-state index in [-0.39, 0.29) is 11.4 Å². The maximum Gasteiger partial charge on any atom is 0.244 e. The van der Waals surface area contributed by atoms with Gasteiger partial charge in [0.2, 0.25) is 5.91 Å². The van der Waals surface area contributed by atoms with E-state index in [1.807, 2.05) is 23.9 Å². The zero-order valence-electron chi connectivity index (χ0n) is 13.3. The van der Waals surface area contributed by atoms with Crippen molar-refractivity contribution in [2.75, 3.05) is 44.4 Å². The molecule has 0 unspecified atom stereocenters. The summed E-state index contributed by atoms with van der Waals surface area (Å²) in [5.74, 6) is 2.95. The number of ether oxygens (including phenoxy) is 1. The molecule has 0 spiro atoms. The van der Waals surface area contributed by atoms with Crippen molar-refractivity contribution in [3.8, 4) is 0 Å². The van der Waals surface area contributed by atoms with Crippen LogP contribution in [0.3, 0.4) is 0 Å². The topological polar surface area (TPSA) is 54.7 Å². The molecule has 2 saturated heterocycles. The Hall–Kier alpha value is -1.24. The summed E-state index contributed by atoms with van der Waals surface area (Å²) in [6.07, 6.45) is 7.10. The maximum absolute atomic E-state index is 12.1. The van der Waals surface area contributed by atoms with Gasteiger partial charge >= 0.3 is 0 Å². The number of rotatable bonds is 5. The second-order valence-electron chi connectivity index (χ2n) is 6.00. The van der Waals surface area contributed by atoms with Crippen molar-refractivity contribution in [3.05, 3.63) is 30.2 Å². The van der Waals surface area contributed by atoms with E-state index in [2.05, 4.69) is 10.2 Å². The monoisotopic (exact) mass is 336 g/mol. The van der Waals surface area contributed by atoms with E-state index >= 15 is 0 Å². The lowest BCUT2D eigenvalue weighted by Gasteiger charge is -2.47. The van der Waals surface area contributed by atoms with Crippen molar-refractivity contribution < 1.29 is 13.9 Å². The van der Waals surface area contributed by atoms with Gasteiger partial charge in [-0.1, -0.05) is 0 Å². The Balaban J connectivity index is 1.58. The van der Waals surface area contributed by atoms with Crippen LogP contribution in [0, 0.1) is 0 Å². The molecule has 126 valence electrons. The lowest BCUT2D eigenvalue weighted by molar-refractivity contribution is -0.117. The molecule has 1 amide bonds. The highest BCUT2D eigenvalue weighted by Gasteiger charge is 2.38. The summed E-state index contributed by atoms with van der Waals surface area (Å²) in [5, 5.41) is 3.09. The molecule has 1 N–H and O–H groups in total. The quantitative estimate of drug-likeness (QED) is 0.834. The Morgan fingerprint density at radius 1 is 1.35 bits per heavy atom. The van der Waals surface area contributed by atoms with Crippen LogP contribution >= 0.6 is 11.8 Å². The molecule has 1 aromatic heterocycles. The summed E-state index contributed by atoms with van der Waals surface area (Å²) >= 11 is 2.01. The summed E-state index contributed by atoms with van der Waals surface area (Å²) in [4.78, 5) is 14.6. The number of morpholine rings is 1. The molecule has 0 radical (unpaired) electrons. The highest BCUT2D eigenvalue weighted by molar-refractivity contribution is 7.99. The van der Waals surface area contributed by atoms with Gasteiger partial charge in [-0.15, -0.1) is 0 Å². The molecule has 0 aliphatic carbocycles. The second kappa shape index (κ2) is 8.04. The van der Waals surface area contributed by atoms with Gasteiger partial charge in [-0.25, -0.2) is 0 Å². The average molecular weight is 336 g/mol. The molecule has 3 rings (SSSR count). The number of thioether (sulfide) groups is 1. The number of nitrogens with zero attached hydrogens (tertiary/aromatic N) is 1. The fourth-order valence-corrected chi connectivity index (χ4v) is 4.50. The normalized spacial score (nSPS) is 22.3. The third-order valence-electron chi connectivity index (χ3n) is 4.64. The molecule has 1 aromatic rings. The SMILES string of the molecule is O=C(C=Cc1ccco1)NCC1(N2CCOCC2)CCSCC1. The predicted octanol–water partition coefficient (Wildman–Crippen LogP) is 2.01. The minimum atomic E-state index is -0.0627. The van der Waals surface area contributed by atoms with Crippen molar-refractivity contribution in [1.29, 1.82) is 0 Å². The summed E-state index contributed by atoms with van der Waals surface area (Å²) in [5.41, 5.74) is 0.0865. The van der Waals surface area contributed by atoms with Gasteiger partial charge in [0.1, 0.15) is 5.76 Å². The van der Waals surface area contributed by atoms with E-state index in [9.17, 15) is 4.79 Å². The first-order chi connectivity index (χ1) is 11.3. The fourth-order valence-electron chi connectivity index (χ4n) is 3.25. The van der Waals surface area contributed by atoms with Crippen LogP contribution in [-0.4, -0.2) is 60.7 Å². The molecule has 0 aromatic carbocycles. The standard InChI is InChI=1S/C17H24N2O3S/c20-16(4-3-15-2-1-9-22-15)18-14-17(5-12-23-13-6-17)19-7-10-21-11-8-19/h1-4,9H,5-8,10-14H2,(H,18,20). The van der Waals surface area contributed by atoms with E-state index in [4.69, 9.17) is 9.15 Å². The Labute approximate surface area is 141 Å². The van der Waals surface area contributed by atoms with Gasteiger partial charge in [-0.05, 0) is 42.6 Å². The van der Waals surface area contributed by atoms with Gasteiger partial charge in [0, 0.05) is 31.2 Å². The van der Waals surface area contributed by atoms with E-state index in [1.165, 1.54) is 0 Å². The van der Waals surface area contributed by atoms with Gasteiger partial charge in [0.25, 0.3) is 0 Å². The van der Waals surface area contributed by atoms with Crippen molar-refractivity contribution in [2.24, 2.45) is 0 Å². The van der Waals surface area contributed by atoms with E-state index in [0.717, 1.165) is 50.7 Å². The van der Waals surface area contributed by atoms with Gasteiger partial charge in [0.15, 0.2) is 0 Å². The molecule has 5 nitrogen and oxygen atoms in total. The molecule has 0 atom stereocenters. The molecule has 2 fully saturated rings. The van der Waals surface area contributed by atoms with E-state index < -0.39 is 0 Å². The van der Waals surface area contributed by atoms with Crippen LogP contribution in [-0.2, 0) is 9.53 Å². The molecular formula is C17H24N2O3S. The van der Waals surface area contributed by atoms with Crippen molar-refractivity contribution in [2.45, 2.75) is 18.4 Å². The molecule has 2 aliphatic rings. The fraction of sp³-hybridized carbons (Fsp3) is 0.588. The van der Waals surface area contributed by atoms with Crippen LogP contribution in [0.15, 0.2) is 28.9 Å². The highest BCUT2D eigenvalue weighted by Crippen LogP contribution is 2.32. The number of carbonyl (C=O) groups is 1.